The van der Waals surface area contributed by atoms with E-state index in [-0.39, 0.29) is 17.4 Å². The van der Waals surface area contributed by atoms with Gasteiger partial charge in [-0.15, -0.1) is 23.4 Å². The molecule has 4 unspecified atom stereocenters. The molecule has 0 spiro atoms. The van der Waals surface area contributed by atoms with Gasteiger partial charge >= 0.3 is 0 Å². The molecule has 0 radical (unpaired) electrons. The Hall–Kier alpha value is -1.00. The first-order valence-electron chi connectivity index (χ1n) is 6.79. The Kier molecular flexibility index (Phi) is 6.38. The Morgan fingerprint density at radius 3 is 2.79 bits per heavy atom. The van der Waals surface area contributed by atoms with E-state index >= 15 is 0 Å². The molecule has 1 saturated heterocycles. The Labute approximate surface area is 147 Å². The molecule has 1 aromatic rings. The third-order valence-electron chi connectivity index (χ3n) is 3.40. The summed E-state index contributed by atoms with van der Waals surface area (Å²) in [5.41, 5.74) is -1.30. The third kappa shape index (κ3) is 4.54. The molecule has 2 rings (SSSR count). The number of nitrogens with one attached hydrogen (secondary N) is 1. The molecule has 0 bridgehead atoms. The minimum absolute atomic E-state index is 0.106. The van der Waals surface area contributed by atoms with E-state index in [1.807, 2.05) is 0 Å². The maximum atomic E-state index is 13.6. The summed E-state index contributed by atoms with van der Waals surface area (Å²) in [6, 6.07) is 0.773. The fourth-order valence-corrected chi connectivity index (χ4v) is 5.81. The van der Waals surface area contributed by atoms with Crippen molar-refractivity contribution in [2.24, 2.45) is 0 Å². The number of pyridine rings is 1. The predicted molar refractivity (Wildman–Crippen MR) is 88.8 cm³/mol. The fraction of sp³-hybridized carbons (Fsp3) is 0.538. The number of carbonyl (C=O) groups excluding carboxylic acids is 1. The zero-order chi connectivity index (χ0) is 18.0. The highest BCUT2D eigenvalue weighted by molar-refractivity contribution is 8.03. The molecule has 4 atom stereocenters. The van der Waals surface area contributed by atoms with Crippen molar-refractivity contribution in [3.8, 4) is 0 Å². The van der Waals surface area contributed by atoms with Gasteiger partial charge in [0.15, 0.2) is 5.82 Å². The van der Waals surface area contributed by atoms with Crippen LogP contribution in [0, 0.1) is 5.82 Å². The van der Waals surface area contributed by atoms with Gasteiger partial charge < -0.3 is 9.88 Å². The maximum absolute atomic E-state index is 13.6. The molecule has 24 heavy (non-hydrogen) atoms. The van der Waals surface area contributed by atoms with Gasteiger partial charge in [-0.1, -0.05) is 0 Å². The highest BCUT2D eigenvalue weighted by atomic mass is 35.5. The standard InChI is InChI=1S/C13H14ClF3N2O3S2/c1-24(22)9-3-8(23-11(9)14)12(20)18-6-2-7(15)13(21)19(4-6)5-10(16)17/h2,4,8-11H,3,5H2,1H3,(H,18,20). The van der Waals surface area contributed by atoms with E-state index in [9.17, 15) is 27.0 Å². The van der Waals surface area contributed by atoms with Gasteiger partial charge in [-0.3, -0.25) is 13.8 Å². The number of hydrogen-bond donors (Lipinski definition) is 1. The molecular weight excluding hydrogens is 389 g/mol. The number of aromatic nitrogens is 1. The number of anilines is 1. The first kappa shape index (κ1) is 19.3. The number of nitrogens with zero attached hydrogens (tertiary/aromatic N) is 1. The average Bonchev–Trinajstić information content (AvgIpc) is 2.86. The van der Waals surface area contributed by atoms with Crippen LogP contribution in [0.15, 0.2) is 17.1 Å². The molecule has 1 amide bonds. The van der Waals surface area contributed by atoms with Crippen LogP contribution in [0.25, 0.3) is 0 Å². The van der Waals surface area contributed by atoms with Crippen LogP contribution in [-0.4, -0.2) is 42.6 Å². The lowest BCUT2D eigenvalue weighted by Crippen LogP contribution is -2.29. The van der Waals surface area contributed by atoms with Crippen molar-refractivity contribution < 1.29 is 22.2 Å². The molecule has 0 aromatic carbocycles. The Morgan fingerprint density at radius 1 is 1.58 bits per heavy atom. The molecule has 5 nitrogen and oxygen atoms in total. The Balaban J connectivity index is 2.13. The lowest BCUT2D eigenvalue weighted by Gasteiger charge is -2.12. The molecule has 2 heterocycles. The molecule has 1 fully saturated rings. The smallest absolute Gasteiger partial charge is 0.286 e. The minimum atomic E-state index is -2.84. The molecule has 1 aromatic heterocycles. The van der Waals surface area contributed by atoms with E-state index < -0.39 is 51.0 Å². The zero-order valence-corrected chi connectivity index (χ0v) is 14.8. The van der Waals surface area contributed by atoms with Gasteiger partial charge in [0.25, 0.3) is 12.0 Å². The number of rotatable bonds is 5. The summed E-state index contributed by atoms with van der Waals surface area (Å²) in [7, 11) is -1.19. The van der Waals surface area contributed by atoms with E-state index in [1.54, 1.807) is 0 Å². The van der Waals surface area contributed by atoms with Crippen molar-refractivity contribution in [2.75, 3.05) is 11.6 Å². The van der Waals surface area contributed by atoms with Crippen molar-refractivity contribution in [1.29, 1.82) is 0 Å². The topological polar surface area (TPSA) is 68.2 Å². The average molecular weight is 403 g/mol. The molecule has 11 heteroatoms. The summed E-state index contributed by atoms with van der Waals surface area (Å²) in [5.74, 6) is -1.75. The largest absolute Gasteiger partial charge is 0.324 e. The number of hydrogen-bond acceptors (Lipinski definition) is 4. The van der Waals surface area contributed by atoms with E-state index in [0.717, 1.165) is 24.0 Å². The van der Waals surface area contributed by atoms with Gasteiger partial charge in [-0.05, 0) is 6.42 Å². The number of halogens is 4. The van der Waals surface area contributed by atoms with Crippen molar-refractivity contribution >= 4 is 45.8 Å². The van der Waals surface area contributed by atoms with E-state index in [4.69, 9.17) is 11.6 Å². The Bertz CT molecular complexity index is 716. The van der Waals surface area contributed by atoms with Crippen LogP contribution >= 0.6 is 23.4 Å². The van der Waals surface area contributed by atoms with Crippen LogP contribution in [0.4, 0.5) is 18.9 Å². The summed E-state index contributed by atoms with van der Waals surface area (Å²) in [6.07, 6.45) is -0.0951. The summed E-state index contributed by atoms with van der Waals surface area (Å²) in [5, 5.41) is 1.44. The van der Waals surface area contributed by atoms with E-state index in [1.165, 1.54) is 6.26 Å². The predicted octanol–water partition coefficient (Wildman–Crippen LogP) is 2.01. The van der Waals surface area contributed by atoms with Crippen molar-refractivity contribution in [1.82, 2.24) is 4.57 Å². The normalized spacial score (nSPS) is 25.0. The van der Waals surface area contributed by atoms with Gasteiger partial charge in [0.1, 0.15) is 0 Å². The van der Waals surface area contributed by atoms with Gasteiger partial charge in [-0.25, -0.2) is 13.2 Å². The van der Waals surface area contributed by atoms with Gasteiger partial charge in [0.05, 0.1) is 27.4 Å². The molecule has 134 valence electrons. The summed E-state index contributed by atoms with van der Waals surface area (Å²) in [6.45, 7) is -0.974. The van der Waals surface area contributed by atoms with Gasteiger partial charge in [0.2, 0.25) is 5.91 Å². The van der Waals surface area contributed by atoms with Crippen LogP contribution in [0.1, 0.15) is 6.42 Å². The number of thioether (sulfide) groups is 1. The summed E-state index contributed by atoms with van der Waals surface area (Å²) >= 11 is 7.17. The van der Waals surface area contributed by atoms with Gasteiger partial charge in [-0.2, -0.15) is 0 Å². The summed E-state index contributed by atoms with van der Waals surface area (Å²) in [4.78, 5) is 23.7. The monoisotopic (exact) mass is 402 g/mol. The fourth-order valence-electron chi connectivity index (χ4n) is 2.25. The molecular formula is C13H14ClF3N2O3S2. The molecule has 0 aliphatic carbocycles. The second kappa shape index (κ2) is 7.92. The van der Waals surface area contributed by atoms with Crippen LogP contribution in [0.3, 0.4) is 0 Å². The van der Waals surface area contributed by atoms with Crippen LogP contribution < -0.4 is 10.9 Å². The highest BCUT2D eigenvalue weighted by Gasteiger charge is 2.39. The molecule has 0 saturated carbocycles. The van der Waals surface area contributed by atoms with Crippen molar-refractivity contribution in [2.45, 2.75) is 34.6 Å². The zero-order valence-electron chi connectivity index (χ0n) is 12.4. The Morgan fingerprint density at radius 2 is 2.25 bits per heavy atom. The first-order chi connectivity index (χ1) is 11.2. The van der Waals surface area contributed by atoms with E-state index in [0.29, 0.717) is 4.57 Å². The first-order valence-corrected chi connectivity index (χ1v) is 9.80. The van der Waals surface area contributed by atoms with Crippen molar-refractivity contribution in [3.05, 3.63) is 28.4 Å². The van der Waals surface area contributed by atoms with Gasteiger partial charge in [0, 0.05) is 29.3 Å². The lowest BCUT2D eigenvalue weighted by atomic mass is 10.2. The van der Waals surface area contributed by atoms with Crippen LogP contribution in [-0.2, 0) is 22.1 Å². The second-order valence-electron chi connectivity index (χ2n) is 5.16. The number of alkyl halides is 3. The second-order valence-corrected chi connectivity index (χ2v) is 8.84. The summed E-state index contributed by atoms with van der Waals surface area (Å²) < 4.78 is 49.9. The SMILES string of the molecule is CS(=O)C1CC(C(=O)Nc2cc(F)c(=O)n(CC(F)F)c2)SC1Cl. The lowest BCUT2D eigenvalue weighted by molar-refractivity contribution is -0.115. The number of amides is 1. The third-order valence-corrected chi connectivity index (χ3v) is 6.97. The highest BCUT2D eigenvalue weighted by Crippen LogP contribution is 2.39. The minimum Gasteiger partial charge on any atom is -0.324 e. The maximum Gasteiger partial charge on any atom is 0.286 e. The molecule has 1 N–H and O–H groups in total. The quantitative estimate of drug-likeness (QED) is 0.765. The molecule has 1 aliphatic rings. The number of carbonyl (C=O) groups is 1. The van der Waals surface area contributed by atoms with Crippen LogP contribution in [0.2, 0.25) is 0 Å². The van der Waals surface area contributed by atoms with E-state index in [2.05, 4.69) is 5.32 Å². The van der Waals surface area contributed by atoms with Crippen LogP contribution in [0.5, 0.6) is 0 Å². The molecule has 1 aliphatic heterocycles. The van der Waals surface area contributed by atoms with Crippen molar-refractivity contribution in [3.63, 3.8) is 0 Å².